The number of aromatic nitrogens is 2. The molecule has 0 radical (unpaired) electrons. The number of nitrogens with zero attached hydrogens (tertiary/aromatic N) is 5. The average Bonchev–Trinajstić information content (AvgIpc) is 3.24. The summed E-state index contributed by atoms with van der Waals surface area (Å²) >= 11 is 0. The molecular formula is C22H41N7O. The Labute approximate surface area is 182 Å². The Hall–Kier alpha value is -2.09. The maximum Gasteiger partial charge on any atom is 0.239 e. The average molecular weight is 420 g/mol. The van der Waals surface area contributed by atoms with Crippen LogP contribution in [0.3, 0.4) is 0 Å². The zero-order chi connectivity index (χ0) is 22.3. The lowest BCUT2D eigenvalue weighted by molar-refractivity contribution is -0.133. The number of likely N-dealkylation sites (tertiary alicyclic amines) is 1. The van der Waals surface area contributed by atoms with E-state index in [0.29, 0.717) is 0 Å². The van der Waals surface area contributed by atoms with Crippen LogP contribution in [-0.2, 0) is 18.3 Å². The van der Waals surface area contributed by atoms with E-state index in [2.05, 4.69) is 48.3 Å². The molecule has 1 aliphatic heterocycles. The van der Waals surface area contributed by atoms with Gasteiger partial charge in [-0.15, -0.1) is 0 Å². The molecule has 1 fully saturated rings. The number of aryl methyl sites for hydroxylation is 2. The van der Waals surface area contributed by atoms with Gasteiger partial charge < -0.3 is 15.5 Å². The molecule has 170 valence electrons. The smallest absolute Gasteiger partial charge is 0.239 e. The van der Waals surface area contributed by atoms with Crippen LogP contribution in [0.4, 0.5) is 0 Å². The number of hydrogen-bond donors (Lipinski definition) is 2. The van der Waals surface area contributed by atoms with Crippen molar-refractivity contribution in [1.29, 1.82) is 0 Å². The largest absolute Gasteiger partial charge is 0.357 e. The Morgan fingerprint density at radius 3 is 2.70 bits per heavy atom. The van der Waals surface area contributed by atoms with E-state index in [1.165, 1.54) is 11.3 Å². The number of guanidine groups is 1. The van der Waals surface area contributed by atoms with Gasteiger partial charge in [0.25, 0.3) is 0 Å². The van der Waals surface area contributed by atoms with Crippen molar-refractivity contribution in [1.82, 2.24) is 30.2 Å². The standard InChI is InChI=1S/C22H41N7O/c1-8-23-22(25-16(2)15-19-17(3)26-28(7)18(19)4)24-12-10-14-29-13-9-11-20(29)21(30)27(5)6/h16,20H,8-15H2,1-7H3,(H2,23,24,25). The van der Waals surface area contributed by atoms with Gasteiger partial charge in [-0.2, -0.15) is 5.10 Å². The van der Waals surface area contributed by atoms with Crippen LogP contribution in [0.2, 0.25) is 0 Å². The monoisotopic (exact) mass is 419 g/mol. The Balaban J connectivity index is 1.85. The predicted molar refractivity (Wildman–Crippen MR) is 123 cm³/mol. The molecule has 8 heteroatoms. The van der Waals surface area contributed by atoms with Gasteiger partial charge in [-0.25, -0.2) is 0 Å². The first-order chi connectivity index (χ1) is 14.2. The number of hydrogen-bond acceptors (Lipinski definition) is 4. The van der Waals surface area contributed by atoms with E-state index < -0.39 is 0 Å². The number of amides is 1. The Kier molecular flexibility index (Phi) is 9.14. The number of likely N-dealkylation sites (N-methyl/N-ethyl adjacent to an activating group) is 1. The van der Waals surface area contributed by atoms with Gasteiger partial charge >= 0.3 is 0 Å². The van der Waals surface area contributed by atoms with E-state index in [4.69, 9.17) is 4.99 Å². The van der Waals surface area contributed by atoms with E-state index in [-0.39, 0.29) is 18.0 Å². The highest BCUT2D eigenvalue weighted by atomic mass is 16.2. The van der Waals surface area contributed by atoms with Crippen molar-refractivity contribution >= 4 is 11.9 Å². The fraction of sp³-hybridized carbons (Fsp3) is 0.773. The summed E-state index contributed by atoms with van der Waals surface area (Å²) in [6, 6.07) is 0.298. The van der Waals surface area contributed by atoms with E-state index in [0.717, 1.165) is 63.5 Å². The fourth-order valence-electron chi connectivity index (χ4n) is 4.16. The van der Waals surface area contributed by atoms with E-state index in [1.54, 1.807) is 4.90 Å². The second-order valence-electron chi connectivity index (χ2n) is 8.56. The highest BCUT2D eigenvalue weighted by molar-refractivity contribution is 5.81. The van der Waals surface area contributed by atoms with Crippen LogP contribution >= 0.6 is 0 Å². The van der Waals surface area contributed by atoms with Gasteiger partial charge in [-0.3, -0.25) is 19.4 Å². The second kappa shape index (κ2) is 11.3. The van der Waals surface area contributed by atoms with Gasteiger partial charge in [-0.05, 0) is 65.5 Å². The van der Waals surface area contributed by atoms with Crippen LogP contribution in [0.5, 0.6) is 0 Å². The maximum absolute atomic E-state index is 12.3. The van der Waals surface area contributed by atoms with Gasteiger partial charge in [0.2, 0.25) is 5.91 Å². The summed E-state index contributed by atoms with van der Waals surface area (Å²) in [7, 11) is 5.67. The van der Waals surface area contributed by atoms with Crippen molar-refractivity contribution in [3.8, 4) is 0 Å². The van der Waals surface area contributed by atoms with E-state index in [9.17, 15) is 4.79 Å². The highest BCUT2D eigenvalue weighted by Crippen LogP contribution is 2.19. The third-order valence-electron chi connectivity index (χ3n) is 5.86. The minimum Gasteiger partial charge on any atom is -0.357 e. The minimum absolute atomic E-state index is 0.0429. The molecular weight excluding hydrogens is 378 g/mol. The summed E-state index contributed by atoms with van der Waals surface area (Å²) in [6.45, 7) is 11.9. The van der Waals surface area contributed by atoms with Crippen LogP contribution < -0.4 is 10.6 Å². The summed E-state index contributed by atoms with van der Waals surface area (Å²) in [5, 5.41) is 11.4. The molecule has 2 heterocycles. The van der Waals surface area contributed by atoms with Crippen molar-refractivity contribution in [3.63, 3.8) is 0 Å². The third kappa shape index (κ3) is 6.45. The lowest BCUT2D eigenvalue weighted by atomic mass is 10.1. The molecule has 30 heavy (non-hydrogen) atoms. The molecule has 0 bridgehead atoms. The van der Waals surface area contributed by atoms with Crippen molar-refractivity contribution in [2.75, 3.05) is 40.3 Å². The van der Waals surface area contributed by atoms with E-state index in [1.807, 2.05) is 25.8 Å². The first-order valence-corrected chi connectivity index (χ1v) is 11.2. The quantitative estimate of drug-likeness (QED) is 0.360. The predicted octanol–water partition coefficient (Wildman–Crippen LogP) is 1.47. The zero-order valence-corrected chi connectivity index (χ0v) is 20.0. The van der Waals surface area contributed by atoms with Gasteiger partial charge in [0.15, 0.2) is 5.96 Å². The number of nitrogens with one attached hydrogen (secondary N) is 2. The molecule has 1 saturated heterocycles. The molecule has 2 N–H and O–H groups in total. The number of rotatable bonds is 9. The zero-order valence-electron chi connectivity index (χ0n) is 20.0. The first kappa shape index (κ1) is 24.2. The molecule has 1 aliphatic rings. The van der Waals surface area contributed by atoms with Gasteiger partial charge in [0.1, 0.15) is 0 Å². The van der Waals surface area contributed by atoms with Crippen LogP contribution in [-0.4, -0.2) is 83.8 Å². The number of carbonyl (C=O) groups is 1. The summed E-state index contributed by atoms with van der Waals surface area (Å²) in [5.41, 5.74) is 3.62. The molecule has 0 saturated carbocycles. The summed E-state index contributed by atoms with van der Waals surface area (Å²) < 4.78 is 1.95. The van der Waals surface area contributed by atoms with Crippen molar-refractivity contribution < 1.29 is 4.79 Å². The Morgan fingerprint density at radius 2 is 2.10 bits per heavy atom. The topological polar surface area (TPSA) is 77.8 Å². The highest BCUT2D eigenvalue weighted by Gasteiger charge is 2.30. The van der Waals surface area contributed by atoms with Crippen LogP contribution in [0.1, 0.15) is 50.1 Å². The lowest BCUT2D eigenvalue weighted by Gasteiger charge is -2.25. The summed E-state index contributed by atoms with van der Waals surface area (Å²) in [4.78, 5) is 21.1. The molecule has 2 rings (SSSR count). The fourth-order valence-corrected chi connectivity index (χ4v) is 4.16. The molecule has 0 spiro atoms. The minimum atomic E-state index is 0.0429. The van der Waals surface area contributed by atoms with Gasteiger partial charge in [-0.1, -0.05) is 0 Å². The molecule has 2 atom stereocenters. The van der Waals surface area contributed by atoms with E-state index >= 15 is 0 Å². The third-order valence-corrected chi connectivity index (χ3v) is 5.86. The summed E-state index contributed by atoms with van der Waals surface area (Å²) in [5.74, 6) is 1.08. The maximum atomic E-state index is 12.3. The van der Waals surface area contributed by atoms with Gasteiger partial charge in [0.05, 0.1) is 11.7 Å². The van der Waals surface area contributed by atoms with Crippen LogP contribution in [0.15, 0.2) is 4.99 Å². The van der Waals surface area contributed by atoms with Crippen molar-refractivity contribution in [2.45, 2.75) is 65.5 Å². The Bertz CT molecular complexity index is 725. The van der Waals surface area contributed by atoms with Crippen LogP contribution in [0.25, 0.3) is 0 Å². The molecule has 1 amide bonds. The molecule has 1 aromatic rings. The van der Waals surface area contributed by atoms with Gasteiger partial charge in [0, 0.05) is 52.5 Å². The Morgan fingerprint density at radius 1 is 1.37 bits per heavy atom. The molecule has 8 nitrogen and oxygen atoms in total. The van der Waals surface area contributed by atoms with Crippen molar-refractivity contribution in [2.24, 2.45) is 12.0 Å². The first-order valence-electron chi connectivity index (χ1n) is 11.2. The SMILES string of the molecule is CCNC(=NCCCN1CCCC1C(=O)N(C)C)NC(C)Cc1c(C)nn(C)c1C. The molecule has 1 aromatic heterocycles. The molecule has 0 aliphatic carbocycles. The number of aliphatic imine (C=N–C) groups is 1. The molecule has 0 aromatic carbocycles. The molecule has 2 unspecified atom stereocenters. The second-order valence-corrected chi connectivity index (χ2v) is 8.56. The van der Waals surface area contributed by atoms with Crippen molar-refractivity contribution in [3.05, 3.63) is 17.0 Å². The van der Waals surface area contributed by atoms with Crippen LogP contribution in [0, 0.1) is 13.8 Å². The lowest BCUT2D eigenvalue weighted by Crippen LogP contribution is -2.44. The summed E-state index contributed by atoms with van der Waals surface area (Å²) in [6.07, 6.45) is 3.93. The normalized spacial score (nSPS) is 18.5. The number of carbonyl (C=O) groups excluding carboxylic acids is 1.